The first-order valence-corrected chi connectivity index (χ1v) is 14.8. The predicted molar refractivity (Wildman–Crippen MR) is 172 cm³/mol. The molecule has 4 N–H and O–H groups in total. The van der Waals surface area contributed by atoms with E-state index in [4.69, 9.17) is 0 Å². The lowest BCUT2D eigenvalue weighted by Gasteiger charge is -2.37. The molecule has 2 heterocycles. The number of piperidine rings is 1. The molecule has 1 saturated heterocycles. The Morgan fingerprint density at radius 3 is 2.00 bits per heavy atom. The van der Waals surface area contributed by atoms with Crippen LogP contribution < -0.4 is 16.0 Å². The molecule has 220 valence electrons. The van der Waals surface area contributed by atoms with Gasteiger partial charge in [0.2, 0.25) is 0 Å². The molecule has 0 bridgehead atoms. The number of para-hydroxylation sites is 1. The fourth-order valence-electron chi connectivity index (χ4n) is 5.94. The van der Waals surface area contributed by atoms with E-state index in [0.29, 0.717) is 17.7 Å². The number of rotatable bonds is 7. The van der Waals surface area contributed by atoms with Gasteiger partial charge >= 0.3 is 0 Å². The van der Waals surface area contributed by atoms with Crippen LogP contribution in [-0.2, 0) is 11.8 Å². The van der Waals surface area contributed by atoms with Gasteiger partial charge in [0.15, 0.2) is 0 Å². The Kier molecular flexibility index (Phi) is 8.03. The number of aliphatic hydroxyl groups excluding tert-OH is 1. The van der Waals surface area contributed by atoms with Crippen LogP contribution in [-0.4, -0.2) is 45.6 Å². The van der Waals surface area contributed by atoms with Crippen LogP contribution in [0, 0.1) is 5.92 Å². The molecule has 2 aliphatic rings. The summed E-state index contributed by atoms with van der Waals surface area (Å²) in [4.78, 5) is 28.3. The number of likely N-dealkylation sites (tertiary alicyclic amines) is 1. The Labute approximate surface area is 251 Å². The summed E-state index contributed by atoms with van der Waals surface area (Å²) in [5.41, 5.74) is 6.88. The third-order valence-electron chi connectivity index (χ3n) is 8.32. The number of amides is 2. The van der Waals surface area contributed by atoms with Crippen LogP contribution in [0.4, 0.5) is 22.7 Å². The molecule has 1 fully saturated rings. The minimum absolute atomic E-state index is 0.0851. The fourth-order valence-corrected chi connectivity index (χ4v) is 5.94. The molecule has 1 unspecified atom stereocenters. The maximum absolute atomic E-state index is 13.0. The van der Waals surface area contributed by atoms with Gasteiger partial charge in [0.1, 0.15) is 0 Å². The number of allylic oxidation sites excluding steroid dienone is 3. The highest BCUT2D eigenvalue weighted by atomic mass is 16.3. The van der Waals surface area contributed by atoms with E-state index in [-0.39, 0.29) is 23.8 Å². The summed E-state index contributed by atoms with van der Waals surface area (Å²) in [5.74, 6) is 0.0244. The van der Waals surface area contributed by atoms with E-state index in [2.05, 4.69) is 33.9 Å². The SMILES string of the molecule is CC1CC(C(=O)Nc2ccc(Nc3ccc(NC(=O)c4cn(C)c5ccccc45)cc3)cc2)=CC=C1N1CCC(O)CC1. The monoisotopic (exact) mass is 575 g/mol. The molecule has 8 heteroatoms. The number of benzene rings is 3. The summed E-state index contributed by atoms with van der Waals surface area (Å²) in [5, 5.41) is 20.1. The fraction of sp³-hybridized carbons (Fsp3) is 0.257. The van der Waals surface area contributed by atoms with Crippen LogP contribution in [0.3, 0.4) is 0 Å². The summed E-state index contributed by atoms with van der Waals surface area (Å²) in [6.45, 7) is 3.88. The maximum atomic E-state index is 13.0. The summed E-state index contributed by atoms with van der Waals surface area (Å²) in [6, 6.07) is 23.0. The number of carbonyl (C=O) groups excluding carboxylic acids is 2. The topological polar surface area (TPSA) is 98.6 Å². The number of hydrogen-bond acceptors (Lipinski definition) is 5. The van der Waals surface area contributed by atoms with Gasteiger partial charge in [0.25, 0.3) is 11.8 Å². The Balaban J connectivity index is 1.03. The minimum atomic E-state index is -0.198. The highest BCUT2D eigenvalue weighted by molar-refractivity contribution is 6.13. The molecule has 4 aromatic rings. The van der Waals surface area contributed by atoms with Crippen molar-refractivity contribution in [1.29, 1.82) is 0 Å². The second kappa shape index (κ2) is 12.2. The summed E-state index contributed by atoms with van der Waals surface area (Å²) in [7, 11) is 1.94. The van der Waals surface area contributed by atoms with E-state index in [0.717, 1.165) is 59.5 Å². The van der Waals surface area contributed by atoms with Crippen LogP contribution in [0.25, 0.3) is 10.9 Å². The van der Waals surface area contributed by atoms with Crippen LogP contribution in [0.15, 0.2) is 102 Å². The lowest BCUT2D eigenvalue weighted by Crippen LogP contribution is -2.37. The first-order valence-electron chi connectivity index (χ1n) is 14.8. The largest absolute Gasteiger partial charge is 0.393 e. The first-order chi connectivity index (χ1) is 20.8. The number of carbonyl (C=O) groups is 2. The van der Waals surface area contributed by atoms with Crippen LogP contribution in [0.5, 0.6) is 0 Å². The van der Waals surface area contributed by atoms with Crippen molar-refractivity contribution in [2.24, 2.45) is 13.0 Å². The van der Waals surface area contributed by atoms with Gasteiger partial charge < -0.3 is 30.5 Å². The zero-order chi connectivity index (χ0) is 29.9. The van der Waals surface area contributed by atoms with Crippen molar-refractivity contribution in [2.75, 3.05) is 29.0 Å². The van der Waals surface area contributed by atoms with Gasteiger partial charge in [0, 0.05) is 77.2 Å². The van der Waals surface area contributed by atoms with Crippen molar-refractivity contribution < 1.29 is 14.7 Å². The van der Waals surface area contributed by atoms with Crippen LogP contribution >= 0.6 is 0 Å². The van der Waals surface area contributed by atoms with E-state index in [1.165, 1.54) is 5.70 Å². The van der Waals surface area contributed by atoms with Gasteiger partial charge in [-0.1, -0.05) is 31.2 Å². The highest BCUT2D eigenvalue weighted by Gasteiger charge is 2.26. The molecule has 3 aromatic carbocycles. The van der Waals surface area contributed by atoms with Gasteiger partial charge in [-0.2, -0.15) is 0 Å². The second-order valence-corrected chi connectivity index (χ2v) is 11.5. The van der Waals surface area contributed by atoms with E-state index in [1.54, 1.807) is 0 Å². The standard InChI is InChI=1S/C35H37N5O3/c1-23-21-24(7-16-32(23)40-19-17-29(41)18-20-40)34(42)37-27-12-8-25(9-13-27)36-26-10-14-28(15-11-26)38-35(43)31-22-39(2)33-6-4-3-5-30(31)33/h3-16,22-23,29,36,41H,17-21H2,1-2H3,(H,37,42)(H,38,43). The smallest absolute Gasteiger partial charge is 0.257 e. The van der Waals surface area contributed by atoms with E-state index < -0.39 is 0 Å². The van der Waals surface area contributed by atoms with Crippen molar-refractivity contribution in [1.82, 2.24) is 9.47 Å². The number of hydrogen-bond donors (Lipinski definition) is 4. The van der Waals surface area contributed by atoms with Crippen molar-refractivity contribution in [3.63, 3.8) is 0 Å². The number of fused-ring (bicyclic) bond motifs is 1. The first kappa shape index (κ1) is 28.3. The molecule has 0 radical (unpaired) electrons. The average molecular weight is 576 g/mol. The van der Waals surface area contributed by atoms with Crippen molar-refractivity contribution in [3.8, 4) is 0 Å². The molecule has 1 aromatic heterocycles. The lowest BCUT2D eigenvalue weighted by atomic mass is 9.90. The molecule has 6 rings (SSSR count). The van der Waals surface area contributed by atoms with Crippen molar-refractivity contribution >= 4 is 45.5 Å². The number of aromatic nitrogens is 1. The molecule has 8 nitrogen and oxygen atoms in total. The molecular weight excluding hydrogens is 538 g/mol. The zero-order valence-electron chi connectivity index (χ0n) is 24.5. The van der Waals surface area contributed by atoms with Crippen molar-refractivity contribution in [3.05, 3.63) is 108 Å². The van der Waals surface area contributed by atoms with Crippen LogP contribution in [0.1, 0.15) is 36.5 Å². The quantitative estimate of drug-likeness (QED) is 0.204. The van der Waals surface area contributed by atoms with Gasteiger partial charge in [-0.15, -0.1) is 0 Å². The van der Waals surface area contributed by atoms with E-state index >= 15 is 0 Å². The van der Waals surface area contributed by atoms with E-state index in [1.807, 2.05) is 96.7 Å². The van der Waals surface area contributed by atoms with Gasteiger partial charge in [-0.3, -0.25) is 9.59 Å². The summed E-state index contributed by atoms with van der Waals surface area (Å²) < 4.78 is 1.96. The maximum Gasteiger partial charge on any atom is 0.257 e. The Hall–Kier alpha value is -4.82. The van der Waals surface area contributed by atoms with Gasteiger partial charge in [-0.05, 0) is 79.9 Å². The normalized spacial score (nSPS) is 17.3. The number of aryl methyl sites for hydroxylation is 1. The molecule has 1 atom stereocenters. The number of anilines is 4. The molecule has 0 spiro atoms. The number of aliphatic hydroxyl groups is 1. The van der Waals surface area contributed by atoms with Gasteiger partial charge in [-0.25, -0.2) is 0 Å². The van der Waals surface area contributed by atoms with Gasteiger partial charge in [0.05, 0.1) is 11.7 Å². The zero-order valence-corrected chi connectivity index (χ0v) is 24.5. The molecule has 1 aliphatic carbocycles. The highest BCUT2D eigenvalue weighted by Crippen LogP contribution is 2.30. The van der Waals surface area contributed by atoms with E-state index in [9.17, 15) is 14.7 Å². The van der Waals surface area contributed by atoms with Crippen LogP contribution in [0.2, 0.25) is 0 Å². The number of nitrogens with one attached hydrogen (secondary N) is 3. The molecular formula is C35H37N5O3. The average Bonchev–Trinajstić information content (AvgIpc) is 3.36. The predicted octanol–water partition coefficient (Wildman–Crippen LogP) is 6.42. The Morgan fingerprint density at radius 2 is 1.37 bits per heavy atom. The summed E-state index contributed by atoms with van der Waals surface area (Å²) >= 11 is 0. The molecule has 0 saturated carbocycles. The molecule has 43 heavy (non-hydrogen) atoms. The third kappa shape index (κ3) is 6.34. The van der Waals surface area contributed by atoms with Crippen molar-refractivity contribution in [2.45, 2.75) is 32.3 Å². The lowest BCUT2D eigenvalue weighted by molar-refractivity contribution is -0.113. The molecule has 1 aliphatic heterocycles. The minimum Gasteiger partial charge on any atom is -0.393 e. The number of nitrogens with zero attached hydrogens (tertiary/aromatic N) is 2. The Bertz CT molecular complexity index is 1690. The second-order valence-electron chi connectivity index (χ2n) is 11.5. The third-order valence-corrected chi connectivity index (χ3v) is 8.32. The molecule has 2 amide bonds. The summed E-state index contributed by atoms with van der Waals surface area (Å²) in [6.07, 6.45) is 7.92. The Morgan fingerprint density at radius 1 is 0.791 bits per heavy atom.